The molecule has 172 valence electrons. The van der Waals surface area contributed by atoms with Crippen molar-refractivity contribution in [2.45, 2.75) is 32.1 Å². The first-order valence-corrected chi connectivity index (χ1v) is 11.5. The number of nitrogens with one attached hydrogen (secondary N) is 2. The largest absolute Gasteiger partial charge is 0.358 e. The molecule has 2 aliphatic heterocycles. The normalized spacial score (nSPS) is 19.6. The standard InChI is InChI=1S/C25H27FN4O3/c1-29-9-11-30(12-10-29)23(32)8-6-16-21(27-20-3-2-4-22(31)24(16)20)14-18-17-13-15(26)5-7-19(17)28-25(18)33/h5,7,13-14,27H,2-4,6,8-12H2,1H3,(H,28,33). The zero-order valence-electron chi connectivity index (χ0n) is 18.7. The van der Waals surface area contributed by atoms with Gasteiger partial charge in [-0.2, -0.15) is 0 Å². The number of nitrogens with zero attached hydrogens (tertiary/aromatic N) is 2. The highest BCUT2D eigenvalue weighted by Crippen LogP contribution is 2.36. The number of likely N-dealkylation sites (N-methyl/N-ethyl adjacent to an activating group) is 1. The van der Waals surface area contributed by atoms with Crippen LogP contribution in [0.3, 0.4) is 0 Å². The van der Waals surface area contributed by atoms with E-state index in [4.69, 9.17) is 0 Å². The predicted molar refractivity (Wildman–Crippen MR) is 123 cm³/mol. The minimum Gasteiger partial charge on any atom is -0.358 e. The second-order valence-electron chi connectivity index (χ2n) is 9.03. The fourth-order valence-electron chi connectivity index (χ4n) is 4.97. The average Bonchev–Trinajstić information content (AvgIpc) is 3.30. The molecule has 0 spiro atoms. The van der Waals surface area contributed by atoms with Crippen LogP contribution in [0.5, 0.6) is 0 Å². The number of aromatic nitrogens is 1. The smallest absolute Gasteiger partial charge is 0.256 e. The Balaban J connectivity index is 1.47. The van der Waals surface area contributed by atoms with Crippen molar-refractivity contribution in [1.82, 2.24) is 14.8 Å². The molecule has 3 heterocycles. The fraction of sp³-hybridized carbons (Fsp3) is 0.400. The summed E-state index contributed by atoms with van der Waals surface area (Å²) in [6.45, 7) is 3.12. The number of fused-ring (bicyclic) bond motifs is 2. The van der Waals surface area contributed by atoms with Crippen LogP contribution in [0.4, 0.5) is 10.1 Å². The first-order chi connectivity index (χ1) is 15.9. The maximum Gasteiger partial charge on any atom is 0.256 e. The van der Waals surface area contributed by atoms with E-state index in [0.717, 1.165) is 37.2 Å². The van der Waals surface area contributed by atoms with Crippen LogP contribution in [-0.4, -0.2) is 65.6 Å². The van der Waals surface area contributed by atoms with Crippen molar-refractivity contribution in [3.8, 4) is 0 Å². The van der Waals surface area contributed by atoms with Crippen LogP contribution in [0, 0.1) is 5.82 Å². The Hall–Kier alpha value is -3.26. The number of H-pyrrole nitrogens is 1. The van der Waals surface area contributed by atoms with Crippen molar-refractivity contribution in [1.29, 1.82) is 0 Å². The van der Waals surface area contributed by atoms with Crippen LogP contribution in [-0.2, 0) is 22.4 Å². The molecule has 2 amide bonds. The van der Waals surface area contributed by atoms with Gasteiger partial charge >= 0.3 is 0 Å². The van der Waals surface area contributed by atoms with Gasteiger partial charge in [-0.05, 0) is 56.1 Å². The molecule has 0 bridgehead atoms. The number of ketones is 1. The van der Waals surface area contributed by atoms with E-state index in [1.54, 1.807) is 12.1 Å². The van der Waals surface area contributed by atoms with Gasteiger partial charge < -0.3 is 20.1 Å². The third-order valence-electron chi connectivity index (χ3n) is 6.82. The van der Waals surface area contributed by atoms with Gasteiger partial charge in [0.25, 0.3) is 5.91 Å². The topological polar surface area (TPSA) is 85.5 Å². The summed E-state index contributed by atoms with van der Waals surface area (Å²) in [7, 11) is 2.04. The maximum atomic E-state index is 13.9. The molecule has 5 rings (SSSR count). The summed E-state index contributed by atoms with van der Waals surface area (Å²) in [6, 6.07) is 4.19. The Labute approximate surface area is 191 Å². The van der Waals surface area contributed by atoms with Gasteiger partial charge in [-0.15, -0.1) is 0 Å². The number of rotatable bonds is 4. The van der Waals surface area contributed by atoms with Crippen molar-refractivity contribution in [3.63, 3.8) is 0 Å². The van der Waals surface area contributed by atoms with E-state index in [1.807, 2.05) is 11.9 Å². The first kappa shape index (κ1) is 21.6. The van der Waals surface area contributed by atoms with Crippen molar-refractivity contribution in [2.75, 3.05) is 38.5 Å². The Morgan fingerprint density at radius 3 is 2.73 bits per heavy atom. The number of carbonyl (C=O) groups is 3. The van der Waals surface area contributed by atoms with Gasteiger partial charge in [0.15, 0.2) is 5.78 Å². The van der Waals surface area contributed by atoms with Gasteiger partial charge in [-0.1, -0.05) is 0 Å². The molecule has 0 atom stereocenters. The highest BCUT2D eigenvalue weighted by Gasteiger charge is 2.29. The molecular formula is C25H27FN4O3. The average molecular weight is 451 g/mol. The van der Waals surface area contributed by atoms with E-state index in [-0.39, 0.29) is 17.6 Å². The minimum atomic E-state index is -0.421. The lowest BCUT2D eigenvalue weighted by Crippen LogP contribution is -2.47. The Bertz CT molecular complexity index is 1170. The molecule has 2 N–H and O–H groups in total. The lowest BCUT2D eigenvalue weighted by Gasteiger charge is -2.32. The van der Waals surface area contributed by atoms with Gasteiger partial charge in [-0.25, -0.2) is 4.39 Å². The fourth-order valence-corrected chi connectivity index (χ4v) is 4.97. The van der Waals surface area contributed by atoms with Crippen molar-refractivity contribution in [3.05, 3.63) is 52.1 Å². The van der Waals surface area contributed by atoms with Crippen LogP contribution < -0.4 is 5.32 Å². The van der Waals surface area contributed by atoms with Gasteiger partial charge in [0.1, 0.15) is 5.82 Å². The number of amides is 2. The molecule has 0 radical (unpaired) electrons. The summed E-state index contributed by atoms with van der Waals surface area (Å²) >= 11 is 0. The number of hydrogen-bond donors (Lipinski definition) is 2. The zero-order valence-corrected chi connectivity index (χ0v) is 18.7. The van der Waals surface area contributed by atoms with E-state index in [9.17, 15) is 18.8 Å². The van der Waals surface area contributed by atoms with E-state index in [1.165, 1.54) is 12.1 Å². The molecule has 1 fully saturated rings. The van der Waals surface area contributed by atoms with Crippen molar-refractivity contribution >= 4 is 34.9 Å². The maximum absolute atomic E-state index is 13.9. The summed E-state index contributed by atoms with van der Waals surface area (Å²) in [5.41, 5.74) is 4.37. The second kappa shape index (κ2) is 8.59. The van der Waals surface area contributed by atoms with Crippen LogP contribution >= 0.6 is 0 Å². The molecule has 0 saturated carbocycles. The molecule has 33 heavy (non-hydrogen) atoms. The third kappa shape index (κ3) is 4.11. The van der Waals surface area contributed by atoms with Gasteiger partial charge in [-0.3, -0.25) is 14.4 Å². The molecule has 1 aromatic carbocycles. The number of hydrogen-bond acceptors (Lipinski definition) is 4. The second-order valence-corrected chi connectivity index (χ2v) is 9.03. The number of Topliss-reactive ketones (excluding diaryl/α,β-unsaturated/α-hetero) is 1. The summed E-state index contributed by atoms with van der Waals surface area (Å²) in [6.07, 6.45) is 4.42. The van der Waals surface area contributed by atoms with Crippen LogP contribution in [0.2, 0.25) is 0 Å². The highest BCUT2D eigenvalue weighted by atomic mass is 19.1. The Morgan fingerprint density at radius 1 is 1.15 bits per heavy atom. The molecule has 0 unspecified atom stereocenters. The molecule has 7 nitrogen and oxygen atoms in total. The molecule has 2 aromatic rings. The molecular weight excluding hydrogens is 423 g/mol. The summed E-state index contributed by atoms with van der Waals surface area (Å²) in [5.74, 6) is -0.587. The zero-order chi connectivity index (χ0) is 23.1. The van der Waals surface area contributed by atoms with E-state index >= 15 is 0 Å². The van der Waals surface area contributed by atoms with Crippen LogP contribution in [0.15, 0.2) is 18.2 Å². The molecule has 3 aliphatic rings. The minimum absolute atomic E-state index is 0.0708. The summed E-state index contributed by atoms with van der Waals surface area (Å²) in [4.78, 5) is 45.6. The molecule has 1 saturated heterocycles. The lowest BCUT2D eigenvalue weighted by atomic mass is 9.91. The number of aryl methyl sites for hydroxylation is 1. The SMILES string of the molecule is CN1CCN(C(=O)CCc2c(C=C3C(=O)Nc4ccc(F)cc43)[nH]c3c2C(=O)CCC3)CC1. The van der Waals surface area contributed by atoms with E-state index in [2.05, 4.69) is 15.2 Å². The number of carbonyl (C=O) groups excluding carboxylic acids is 3. The van der Waals surface area contributed by atoms with Crippen LogP contribution in [0.25, 0.3) is 11.6 Å². The Morgan fingerprint density at radius 2 is 1.94 bits per heavy atom. The van der Waals surface area contributed by atoms with Crippen LogP contribution in [0.1, 0.15) is 52.1 Å². The molecule has 8 heteroatoms. The van der Waals surface area contributed by atoms with Crippen molar-refractivity contribution < 1.29 is 18.8 Å². The van der Waals surface area contributed by atoms with Gasteiger partial charge in [0, 0.05) is 67.2 Å². The predicted octanol–water partition coefficient (Wildman–Crippen LogP) is 2.87. The number of anilines is 1. The van der Waals surface area contributed by atoms with E-state index < -0.39 is 5.82 Å². The highest BCUT2D eigenvalue weighted by molar-refractivity contribution is 6.35. The summed E-state index contributed by atoms with van der Waals surface area (Å²) < 4.78 is 13.9. The number of aromatic amines is 1. The number of halogens is 1. The number of piperazine rings is 1. The quantitative estimate of drug-likeness (QED) is 0.702. The third-order valence-corrected chi connectivity index (χ3v) is 6.82. The number of benzene rings is 1. The van der Waals surface area contributed by atoms with Gasteiger partial charge in [0.05, 0.1) is 5.57 Å². The first-order valence-electron chi connectivity index (χ1n) is 11.5. The van der Waals surface area contributed by atoms with E-state index in [0.29, 0.717) is 60.4 Å². The lowest BCUT2D eigenvalue weighted by molar-refractivity contribution is -0.132. The van der Waals surface area contributed by atoms with Crippen molar-refractivity contribution in [2.24, 2.45) is 0 Å². The monoisotopic (exact) mass is 450 g/mol. The summed E-state index contributed by atoms with van der Waals surface area (Å²) in [5, 5.41) is 2.76. The molecule has 1 aromatic heterocycles. The Kier molecular flexibility index (Phi) is 5.62. The van der Waals surface area contributed by atoms with Gasteiger partial charge in [0.2, 0.25) is 5.91 Å². The molecule has 1 aliphatic carbocycles.